The summed E-state index contributed by atoms with van der Waals surface area (Å²) < 4.78 is 0. The van der Waals surface area contributed by atoms with Gasteiger partial charge in [-0.25, -0.2) is 0 Å². The van der Waals surface area contributed by atoms with Gasteiger partial charge in [0.25, 0.3) is 5.91 Å². The predicted molar refractivity (Wildman–Crippen MR) is 146 cm³/mol. The third kappa shape index (κ3) is 7.84. The van der Waals surface area contributed by atoms with E-state index in [0.717, 1.165) is 44.0 Å². The van der Waals surface area contributed by atoms with Crippen LogP contribution in [0.25, 0.3) is 0 Å². The second-order valence-corrected chi connectivity index (χ2v) is 12.3. The third-order valence-electron chi connectivity index (χ3n) is 6.62. The van der Waals surface area contributed by atoms with Gasteiger partial charge in [-0.05, 0) is 65.1 Å². The van der Waals surface area contributed by atoms with E-state index in [-0.39, 0.29) is 22.6 Å². The Balaban J connectivity index is 1.50. The van der Waals surface area contributed by atoms with Gasteiger partial charge in [-0.2, -0.15) is 0 Å². The minimum Gasteiger partial charge on any atom is -0.368 e. The lowest BCUT2D eigenvalue weighted by Gasteiger charge is -2.37. The summed E-state index contributed by atoms with van der Waals surface area (Å²) in [6.07, 6.45) is 1.69. The molecule has 1 atom stereocenters. The van der Waals surface area contributed by atoms with Crippen LogP contribution in [0.4, 0.5) is 11.4 Å². The minimum absolute atomic E-state index is 0.0638. The number of carbonyl (C=O) groups excluding carboxylic acids is 2. The number of rotatable bonds is 6. The lowest BCUT2D eigenvalue weighted by molar-refractivity contribution is -0.132. The Labute approximate surface area is 211 Å². The zero-order valence-corrected chi connectivity index (χ0v) is 22.6. The van der Waals surface area contributed by atoms with E-state index in [2.05, 4.69) is 58.7 Å². The number of benzene rings is 2. The van der Waals surface area contributed by atoms with Gasteiger partial charge in [-0.15, -0.1) is 0 Å². The molecule has 0 aliphatic carbocycles. The zero-order valence-electron chi connectivity index (χ0n) is 22.6. The number of amides is 2. The van der Waals surface area contributed by atoms with Crippen molar-refractivity contribution in [1.29, 1.82) is 0 Å². The number of piperazine rings is 1. The monoisotopic (exact) mass is 477 g/mol. The Morgan fingerprint density at radius 1 is 0.857 bits per heavy atom. The van der Waals surface area contributed by atoms with Crippen LogP contribution in [0.2, 0.25) is 0 Å². The van der Waals surface area contributed by atoms with E-state index in [1.807, 2.05) is 53.4 Å². The van der Waals surface area contributed by atoms with E-state index in [4.69, 9.17) is 0 Å². The number of anilines is 2. The predicted octanol–water partition coefficient (Wildman–Crippen LogP) is 6.35. The molecule has 2 aromatic carbocycles. The number of nitrogens with zero attached hydrogens (tertiary/aromatic N) is 2. The van der Waals surface area contributed by atoms with E-state index in [0.29, 0.717) is 17.9 Å². The molecule has 1 N–H and O–H groups in total. The fraction of sp³-hybridized carbons (Fsp3) is 0.533. The van der Waals surface area contributed by atoms with Crippen LogP contribution in [-0.2, 0) is 10.2 Å². The third-order valence-corrected chi connectivity index (χ3v) is 6.62. The van der Waals surface area contributed by atoms with Gasteiger partial charge < -0.3 is 15.1 Å². The molecule has 0 bridgehead atoms. The lowest BCUT2D eigenvalue weighted by atomic mass is 9.84. The second-order valence-electron chi connectivity index (χ2n) is 12.3. The summed E-state index contributed by atoms with van der Waals surface area (Å²) in [4.78, 5) is 29.7. The first-order chi connectivity index (χ1) is 16.3. The fourth-order valence-electron chi connectivity index (χ4n) is 4.84. The molecular weight excluding hydrogens is 434 g/mol. The summed E-state index contributed by atoms with van der Waals surface area (Å²) in [5, 5.41) is 2.99. The molecule has 3 rings (SSSR count). The number of nitrogens with one attached hydrogen (secondary N) is 1. The largest absolute Gasteiger partial charge is 0.368 e. The van der Waals surface area contributed by atoms with Crippen molar-refractivity contribution in [2.45, 2.75) is 66.7 Å². The highest BCUT2D eigenvalue weighted by atomic mass is 16.2. The molecule has 35 heavy (non-hydrogen) atoms. The minimum atomic E-state index is -0.106. The molecule has 0 radical (unpaired) electrons. The van der Waals surface area contributed by atoms with Gasteiger partial charge in [0.1, 0.15) is 0 Å². The Hall–Kier alpha value is -2.82. The topological polar surface area (TPSA) is 52.7 Å². The Bertz CT molecular complexity index is 990. The number of hydrogen-bond acceptors (Lipinski definition) is 3. The molecule has 1 fully saturated rings. The van der Waals surface area contributed by atoms with Crippen molar-refractivity contribution in [2.24, 2.45) is 11.3 Å². The Kier molecular flexibility index (Phi) is 8.30. The van der Waals surface area contributed by atoms with Crippen molar-refractivity contribution in [1.82, 2.24) is 4.90 Å². The average Bonchev–Trinajstić information content (AvgIpc) is 2.78. The van der Waals surface area contributed by atoms with Crippen molar-refractivity contribution in [3.63, 3.8) is 0 Å². The maximum Gasteiger partial charge on any atom is 0.255 e. The summed E-state index contributed by atoms with van der Waals surface area (Å²) in [6.45, 7) is 18.5. The zero-order chi connectivity index (χ0) is 25.8. The van der Waals surface area contributed by atoms with Gasteiger partial charge in [0.05, 0.1) is 0 Å². The van der Waals surface area contributed by atoms with Crippen molar-refractivity contribution in [3.05, 3.63) is 59.7 Å². The molecule has 1 heterocycles. The number of hydrogen-bond donors (Lipinski definition) is 1. The first-order valence-corrected chi connectivity index (χ1v) is 12.9. The molecule has 0 spiro atoms. The first-order valence-electron chi connectivity index (χ1n) is 12.9. The summed E-state index contributed by atoms with van der Waals surface area (Å²) in [7, 11) is 0. The molecule has 0 unspecified atom stereocenters. The molecule has 5 nitrogen and oxygen atoms in total. The van der Waals surface area contributed by atoms with E-state index < -0.39 is 0 Å². The van der Waals surface area contributed by atoms with Gasteiger partial charge in [0, 0.05) is 49.5 Å². The summed E-state index contributed by atoms with van der Waals surface area (Å²) in [5.41, 5.74) is 4.07. The van der Waals surface area contributed by atoms with E-state index in [1.54, 1.807) is 0 Å². The van der Waals surface area contributed by atoms with Crippen LogP contribution in [0, 0.1) is 11.3 Å². The maximum atomic E-state index is 12.7. The standard InChI is InChI=1S/C30H43N3O2/c1-22(21-29(2,3)4)20-27(34)33-18-16-32(17-19-33)26-14-12-25(13-15-26)31-28(35)23-8-10-24(11-9-23)30(5,6)7/h8-15,22H,16-21H2,1-7H3,(H,31,35)/t22-/m0/s1. The SMILES string of the molecule is C[C@@H](CC(=O)N1CCN(c2ccc(NC(=O)c3ccc(C(C)(C)C)cc3)cc2)CC1)CC(C)(C)C. The van der Waals surface area contributed by atoms with Gasteiger partial charge in [0.2, 0.25) is 5.91 Å². The molecular formula is C30H43N3O2. The van der Waals surface area contributed by atoms with Gasteiger partial charge >= 0.3 is 0 Å². The molecule has 0 aromatic heterocycles. The summed E-state index contributed by atoms with van der Waals surface area (Å²) >= 11 is 0. The van der Waals surface area contributed by atoms with Crippen molar-refractivity contribution in [3.8, 4) is 0 Å². The Morgan fingerprint density at radius 3 is 1.94 bits per heavy atom. The van der Waals surface area contributed by atoms with E-state index >= 15 is 0 Å². The summed E-state index contributed by atoms with van der Waals surface area (Å²) in [6, 6.07) is 15.8. The number of carbonyl (C=O) groups is 2. The van der Waals surface area contributed by atoms with E-state index in [9.17, 15) is 9.59 Å². The average molecular weight is 478 g/mol. The van der Waals surface area contributed by atoms with Crippen LogP contribution in [-0.4, -0.2) is 42.9 Å². The van der Waals surface area contributed by atoms with Gasteiger partial charge in [0.15, 0.2) is 0 Å². The van der Waals surface area contributed by atoms with Crippen molar-refractivity contribution in [2.75, 3.05) is 36.4 Å². The van der Waals surface area contributed by atoms with Crippen LogP contribution in [0.5, 0.6) is 0 Å². The molecule has 2 amide bonds. The smallest absolute Gasteiger partial charge is 0.255 e. The van der Waals surface area contributed by atoms with Crippen LogP contribution in [0.15, 0.2) is 48.5 Å². The fourth-order valence-corrected chi connectivity index (χ4v) is 4.84. The van der Waals surface area contributed by atoms with E-state index in [1.165, 1.54) is 5.56 Å². The van der Waals surface area contributed by atoms with Crippen LogP contribution >= 0.6 is 0 Å². The molecule has 1 aliphatic heterocycles. The lowest BCUT2D eigenvalue weighted by Crippen LogP contribution is -2.49. The van der Waals surface area contributed by atoms with Crippen LogP contribution in [0.1, 0.15) is 77.2 Å². The first kappa shape index (κ1) is 26.8. The molecule has 0 saturated carbocycles. The normalized spacial score (nSPS) is 15.6. The van der Waals surface area contributed by atoms with Crippen LogP contribution in [0.3, 0.4) is 0 Å². The highest BCUT2D eigenvalue weighted by molar-refractivity contribution is 6.04. The van der Waals surface area contributed by atoms with Gasteiger partial charge in [-0.3, -0.25) is 9.59 Å². The second kappa shape index (κ2) is 10.8. The highest BCUT2D eigenvalue weighted by Gasteiger charge is 2.24. The van der Waals surface area contributed by atoms with Gasteiger partial charge in [-0.1, -0.05) is 60.6 Å². The summed E-state index contributed by atoms with van der Waals surface area (Å²) in [5.74, 6) is 0.570. The molecule has 1 aliphatic rings. The quantitative estimate of drug-likeness (QED) is 0.528. The van der Waals surface area contributed by atoms with Crippen molar-refractivity contribution < 1.29 is 9.59 Å². The van der Waals surface area contributed by atoms with Crippen molar-refractivity contribution >= 4 is 23.2 Å². The van der Waals surface area contributed by atoms with Crippen LogP contribution < -0.4 is 10.2 Å². The molecule has 190 valence electrons. The molecule has 5 heteroatoms. The maximum absolute atomic E-state index is 12.7. The highest BCUT2D eigenvalue weighted by Crippen LogP contribution is 2.27. The molecule has 1 saturated heterocycles. The Morgan fingerprint density at radius 2 is 1.43 bits per heavy atom. The molecule has 2 aromatic rings.